The predicted octanol–water partition coefficient (Wildman–Crippen LogP) is 5.26. The number of ether oxygens (including phenoxy) is 1. The highest BCUT2D eigenvalue weighted by atomic mass is 35.5. The van der Waals surface area contributed by atoms with Crippen molar-refractivity contribution in [2.75, 3.05) is 0 Å². The van der Waals surface area contributed by atoms with E-state index in [2.05, 4.69) is 0 Å². The van der Waals surface area contributed by atoms with Gasteiger partial charge in [-0.3, -0.25) is 14.2 Å². The van der Waals surface area contributed by atoms with Gasteiger partial charge in [-0.2, -0.15) is 5.26 Å². The molecule has 2 unspecified atom stereocenters. The van der Waals surface area contributed by atoms with Gasteiger partial charge in [-0.25, -0.2) is 0 Å². The van der Waals surface area contributed by atoms with Gasteiger partial charge in [0.1, 0.15) is 17.4 Å². The highest BCUT2D eigenvalue weighted by molar-refractivity contribution is 6.32. The van der Waals surface area contributed by atoms with Gasteiger partial charge in [0.15, 0.2) is 6.10 Å². The van der Waals surface area contributed by atoms with Crippen molar-refractivity contribution in [1.82, 2.24) is 4.57 Å². The van der Waals surface area contributed by atoms with Crippen LogP contribution in [0.4, 0.5) is 0 Å². The fourth-order valence-corrected chi connectivity index (χ4v) is 4.00. The molecule has 0 spiro atoms. The molecule has 2 aromatic carbocycles. The molecule has 0 aliphatic carbocycles. The zero-order valence-electron chi connectivity index (χ0n) is 19.1. The molecule has 0 saturated heterocycles. The summed E-state index contributed by atoms with van der Waals surface area (Å²) in [6.07, 6.45) is -0.987. The molecule has 6 nitrogen and oxygen atoms in total. The molecule has 0 fully saturated rings. The lowest BCUT2D eigenvalue weighted by Gasteiger charge is -2.22. The third kappa shape index (κ3) is 4.50. The van der Waals surface area contributed by atoms with Gasteiger partial charge in [0, 0.05) is 5.02 Å². The summed E-state index contributed by atoms with van der Waals surface area (Å²) in [4.78, 5) is 26.4. The number of hydrogen-bond acceptors (Lipinski definition) is 5. The molecular weight excluding hydrogens is 440 g/mol. The molecule has 0 saturated carbocycles. The van der Waals surface area contributed by atoms with Gasteiger partial charge in [0.2, 0.25) is 11.7 Å². The Morgan fingerprint density at radius 1 is 1.12 bits per heavy atom. The van der Waals surface area contributed by atoms with Gasteiger partial charge in [0.05, 0.1) is 11.6 Å². The molecule has 3 aromatic rings. The van der Waals surface area contributed by atoms with Crippen molar-refractivity contribution >= 4 is 17.4 Å². The number of pyridine rings is 1. The van der Waals surface area contributed by atoms with Gasteiger partial charge in [-0.15, -0.1) is 0 Å². The third-order valence-electron chi connectivity index (χ3n) is 5.75. The summed E-state index contributed by atoms with van der Waals surface area (Å²) in [6.45, 7) is 8.44. The largest absolute Gasteiger partial charge is 0.494 e. The highest BCUT2D eigenvalue weighted by Crippen LogP contribution is 2.30. The summed E-state index contributed by atoms with van der Waals surface area (Å²) in [7, 11) is 0. The van der Waals surface area contributed by atoms with Crippen LogP contribution in [0.2, 0.25) is 5.02 Å². The molecule has 7 heteroatoms. The van der Waals surface area contributed by atoms with Crippen molar-refractivity contribution in [3.05, 3.63) is 91.2 Å². The molecule has 0 aliphatic heterocycles. The number of hydrogen-bond donors (Lipinski definition) is 1. The minimum atomic E-state index is -0.987. The van der Waals surface area contributed by atoms with E-state index in [4.69, 9.17) is 16.3 Å². The topological polar surface area (TPSA) is 92.3 Å². The number of carbonyl (C=O) groups excluding carboxylic acids is 1. The van der Waals surface area contributed by atoms with Gasteiger partial charge in [-0.1, -0.05) is 41.9 Å². The van der Waals surface area contributed by atoms with E-state index < -0.39 is 29.4 Å². The van der Waals surface area contributed by atoms with E-state index in [0.717, 1.165) is 21.3 Å². The first kappa shape index (κ1) is 24.1. The number of benzene rings is 2. The number of aromatic nitrogens is 1. The van der Waals surface area contributed by atoms with Crippen LogP contribution in [-0.2, 0) is 0 Å². The van der Waals surface area contributed by atoms with E-state index in [1.807, 2.05) is 38.1 Å². The lowest BCUT2D eigenvalue weighted by atomic mass is 9.98. The number of aryl methyl sites for hydroxylation is 2. The van der Waals surface area contributed by atoms with E-state index in [0.29, 0.717) is 10.8 Å². The first-order valence-electron chi connectivity index (χ1n) is 10.5. The molecule has 3 rings (SSSR count). The van der Waals surface area contributed by atoms with Crippen LogP contribution in [0.1, 0.15) is 58.1 Å². The number of halogens is 1. The number of aromatic hydroxyl groups is 1. The van der Waals surface area contributed by atoms with Gasteiger partial charge in [-0.05, 0) is 69.0 Å². The second-order valence-corrected chi connectivity index (χ2v) is 8.45. The molecular formula is C26H25ClN2O4. The number of nitrogens with zero attached hydrogens (tertiary/aromatic N) is 2. The van der Waals surface area contributed by atoms with Crippen molar-refractivity contribution in [3.63, 3.8) is 0 Å². The van der Waals surface area contributed by atoms with Gasteiger partial charge in [0.25, 0.3) is 5.56 Å². The predicted molar refractivity (Wildman–Crippen MR) is 127 cm³/mol. The van der Waals surface area contributed by atoms with Crippen molar-refractivity contribution < 1.29 is 14.6 Å². The number of rotatable bonds is 6. The SMILES string of the molecule is Cc1cc(OC(C)C(=O)c2c(C)c(C#N)c(=O)n(C(C)c3ccccc3)c2O)cc(C)c1Cl. The van der Waals surface area contributed by atoms with E-state index in [1.165, 1.54) is 6.92 Å². The minimum absolute atomic E-state index is 0.108. The Labute approximate surface area is 197 Å². The summed E-state index contributed by atoms with van der Waals surface area (Å²) in [5, 5.41) is 21.3. The fraction of sp³-hybridized carbons (Fsp3) is 0.269. The van der Waals surface area contributed by atoms with Crippen molar-refractivity contribution in [1.29, 1.82) is 5.26 Å². The normalized spacial score (nSPS) is 12.6. The van der Waals surface area contributed by atoms with E-state index in [1.54, 1.807) is 38.1 Å². The highest BCUT2D eigenvalue weighted by Gasteiger charge is 2.30. The first-order valence-corrected chi connectivity index (χ1v) is 10.9. The third-order valence-corrected chi connectivity index (χ3v) is 6.35. The second-order valence-electron chi connectivity index (χ2n) is 8.07. The molecule has 1 N–H and O–H groups in total. The molecule has 170 valence electrons. The zero-order valence-corrected chi connectivity index (χ0v) is 19.9. The fourth-order valence-electron chi connectivity index (χ4n) is 3.89. The number of ketones is 1. The Morgan fingerprint density at radius 2 is 1.70 bits per heavy atom. The summed E-state index contributed by atoms with van der Waals surface area (Å²) in [5.41, 5.74) is 1.54. The van der Waals surface area contributed by atoms with Crippen LogP contribution in [0.15, 0.2) is 47.3 Å². The summed E-state index contributed by atoms with van der Waals surface area (Å²) < 4.78 is 6.94. The van der Waals surface area contributed by atoms with Crippen LogP contribution < -0.4 is 10.3 Å². The average molecular weight is 465 g/mol. The van der Waals surface area contributed by atoms with Crippen LogP contribution in [0.3, 0.4) is 0 Å². The van der Waals surface area contributed by atoms with Crippen LogP contribution in [-0.4, -0.2) is 21.6 Å². The number of nitriles is 1. The lowest BCUT2D eigenvalue weighted by molar-refractivity contribution is 0.0812. The Kier molecular flexibility index (Phi) is 6.95. The maximum atomic E-state index is 13.4. The molecule has 2 atom stereocenters. The smallest absolute Gasteiger partial charge is 0.272 e. The monoisotopic (exact) mass is 464 g/mol. The second kappa shape index (κ2) is 9.51. The van der Waals surface area contributed by atoms with Crippen LogP contribution in [0.25, 0.3) is 0 Å². The molecule has 1 heterocycles. The molecule has 0 aliphatic rings. The molecule has 33 heavy (non-hydrogen) atoms. The van der Waals surface area contributed by atoms with Gasteiger partial charge >= 0.3 is 0 Å². The molecule has 0 bridgehead atoms. The summed E-state index contributed by atoms with van der Waals surface area (Å²) >= 11 is 6.21. The lowest BCUT2D eigenvalue weighted by Crippen LogP contribution is -2.32. The standard InChI is InChI=1S/C26H25ClN2O4/c1-14-11-20(12-15(2)23(14)27)33-18(5)24(30)22-16(3)21(13-28)25(31)29(26(22)32)17(4)19-9-7-6-8-10-19/h6-12,17-18,32H,1-5H3. The average Bonchev–Trinajstić information content (AvgIpc) is 2.78. The summed E-state index contributed by atoms with van der Waals surface area (Å²) in [5.74, 6) is -0.573. The maximum Gasteiger partial charge on any atom is 0.272 e. The Morgan fingerprint density at radius 3 is 2.24 bits per heavy atom. The van der Waals surface area contributed by atoms with Crippen LogP contribution in [0.5, 0.6) is 11.6 Å². The molecule has 1 aromatic heterocycles. The minimum Gasteiger partial charge on any atom is -0.494 e. The van der Waals surface area contributed by atoms with Crippen LogP contribution in [0, 0.1) is 32.1 Å². The van der Waals surface area contributed by atoms with E-state index in [-0.39, 0.29) is 16.7 Å². The Balaban J connectivity index is 2.09. The first-order chi connectivity index (χ1) is 15.6. The Hall–Kier alpha value is -3.56. The van der Waals surface area contributed by atoms with Crippen LogP contribution >= 0.6 is 11.6 Å². The molecule has 0 radical (unpaired) electrons. The van der Waals surface area contributed by atoms with Crippen molar-refractivity contribution in [3.8, 4) is 17.7 Å². The zero-order chi connectivity index (χ0) is 24.4. The van der Waals surface area contributed by atoms with Crippen molar-refractivity contribution in [2.45, 2.75) is 46.8 Å². The van der Waals surface area contributed by atoms with Gasteiger partial charge < -0.3 is 9.84 Å². The number of carbonyl (C=O) groups is 1. The quantitative estimate of drug-likeness (QED) is 0.502. The van der Waals surface area contributed by atoms with E-state index in [9.17, 15) is 20.0 Å². The number of Topliss-reactive ketones (excluding diaryl/α,β-unsaturated/α-hetero) is 1. The van der Waals surface area contributed by atoms with E-state index >= 15 is 0 Å². The van der Waals surface area contributed by atoms with Crippen molar-refractivity contribution in [2.24, 2.45) is 0 Å². The Bertz CT molecular complexity index is 1300. The maximum absolute atomic E-state index is 13.4. The molecule has 0 amide bonds. The summed E-state index contributed by atoms with van der Waals surface area (Å²) in [6, 6.07) is 13.8.